The largest absolute Gasteiger partial charge is 0.508 e. The number of nitro groups is 1. The minimum absolute atomic E-state index is 0.0943. The highest BCUT2D eigenvalue weighted by atomic mass is 32.1. The number of non-ortho nitro benzene ring substituents is 1. The van der Waals surface area contributed by atoms with Crippen LogP contribution in [0.25, 0.3) is 11.3 Å². The van der Waals surface area contributed by atoms with Gasteiger partial charge in [-0.1, -0.05) is 32.9 Å². The number of thiazole rings is 1. The fourth-order valence-electron chi connectivity index (χ4n) is 2.87. The maximum Gasteiger partial charge on any atom is 0.269 e. The molecule has 28 heavy (non-hydrogen) atoms. The van der Waals surface area contributed by atoms with Gasteiger partial charge in [0.25, 0.3) is 5.69 Å². The molecule has 3 rings (SSSR count). The minimum atomic E-state index is -0.400. The Bertz CT molecular complexity index is 975. The molecule has 2 aromatic carbocycles. The molecule has 0 aliphatic heterocycles. The second-order valence-corrected chi connectivity index (χ2v) is 8.58. The SMILES string of the molecule is CC(C)(C)c1cc(-c2csc(CNCc3ccc([N+](=O)[O-])cc3)n2)ccc1O. The molecular weight excluding hydrogens is 374 g/mol. The molecule has 0 atom stereocenters. The third-order valence-corrected chi connectivity index (χ3v) is 5.25. The molecule has 6 nitrogen and oxygen atoms in total. The number of aromatic hydroxyl groups is 1. The predicted octanol–water partition coefficient (Wildman–Crippen LogP) is 5.01. The van der Waals surface area contributed by atoms with Crippen LogP contribution < -0.4 is 5.32 Å². The van der Waals surface area contributed by atoms with Gasteiger partial charge in [-0.25, -0.2) is 4.98 Å². The fraction of sp³-hybridized carbons (Fsp3) is 0.286. The zero-order valence-electron chi connectivity index (χ0n) is 16.1. The third-order valence-electron chi connectivity index (χ3n) is 4.40. The summed E-state index contributed by atoms with van der Waals surface area (Å²) >= 11 is 1.58. The summed E-state index contributed by atoms with van der Waals surface area (Å²) in [6.45, 7) is 7.44. The number of benzene rings is 2. The molecule has 1 heterocycles. The molecule has 0 bridgehead atoms. The van der Waals surface area contributed by atoms with Gasteiger partial charge >= 0.3 is 0 Å². The fourth-order valence-corrected chi connectivity index (χ4v) is 3.64. The maximum atomic E-state index is 10.7. The molecule has 0 radical (unpaired) electrons. The van der Waals surface area contributed by atoms with Gasteiger partial charge in [0.15, 0.2) is 0 Å². The molecular formula is C21H23N3O3S. The van der Waals surface area contributed by atoms with Gasteiger partial charge in [0, 0.05) is 36.2 Å². The first kappa shape index (κ1) is 20.0. The Labute approximate surface area is 168 Å². The molecule has 0 aliphatic rings. The van der Waals surface area contributed by atoms with Crippen molar-refractivity contribution in [3.63, 3.8) is 0 Å². The van der Waals surface area contributed by atoms with Gasteiger partial charge in [-0.2, -0.15) is 0 Å². The highest BCUT2D eigenvalue weighted by Gasteiger charge is 2.19. The van der Waals surface area contributed by atoms with E-state index in [0.29, 0.717) is 18.8 Å². The van der Waals surface area contributed by atoms with Crippen LogP contribution in [0.2, 0.25) is 0 Å². The molecule has 1 aromatic heterocycles. The Kier molecular flexibility index (Phi) is 5.76. The smallest absolute Gasteiger partial charge is 0.269 e. The molecule has 0 spiro atoms. The van der Waals surface area contributed by atoms with Crippen molar-refractivity contribution in [1.82, 2.24) is 10.3 Å². The average Bonchev–Trinajstić information content (AvgIpc) is 3.10. The molecule has 0 unspecified atom stereocenters. The van der Waals surface area contributed by atoms with E-state index in [4.69, 9.17) is 0 Å². The second-order valence-electron chi connectivity index (χ2n) is 7.64. The Hall–Kier alpha value is -2.77. The first-order valence-corrected chi connectivity index (χ1v) is 9.84. The van der Waals surface area contributed by atoms with E-state index >= 15 is 0 Å². The number of hydrogen-bond donors (Lipinski definition) is 2. The Morgan fingerprint density at radius 3 is 2.50 bits per heavy atom. The van der Waals surface area contributed by atoms with E-state index in [1.54, 1.807) is 29.5 Å². The van der Waals surface area contributed by atoms with Crippen molar-refractivity contribution in [2.24, 2.45) is 0 Å². The summed E-state index contributed by atoms with van der Waals surface area (Å²) < 4.78 is 0. The highest BCUT2D eigenvalue weighted by molar-refractivity contribution is 7.09. The number of nitrogens with one attached hydrogen (secondary N) is 1. The van der Waals surface area contributed by atoms with E-state index in [9.17, 15) is 15.2 Å². The van der Waals surface area contributed by atoms with Crippen LogP contribution in [0.15, 0.2) is 47.8 Å². The molecule has 0 saturated heterocycles. The lowest BCUT2D eigenvalue weighted by Gasteiger charge is -2.21. The van der Waals surface area contributed by atoms with Crippen LogP contribution in [0.5, 0.6) is 5.75 Å². The molecule has 146 valence electrons. The molecule has 0 aliphatic carbocycles. The Morgan fingerprint density at radius 1 is 1.14 bits per heavy atom. The van der Waals surface area contributed by atoms with Crippen LogP contribution in [-0.2, 0) is 18.5 Å². The van der Waals surface area contributed by atoms with Crippen molar-refractivity contribution >= 4 is 17.0 Å². The lowest BCUT2D eigenvalue weighted by molar-refractivity contribution is -0.384. The Balaban J connectivity index is 1.64. The van der Waals surface area contributed by atoms with Gasteiger partial charge in [-0.15, -0.1) is 11.3 Å². The van der Waals surface area contributed by atoms with E-state index in [0.717, 1.165) is 27.4 Å². The van der Waals surface area contributed by atoms with Crippen molar-refractivity contribution in [3.05, 3.63) is 74.1 Å². The number of nitrogens with zero attached hydrogens (tertiary/aromatic N) is 2. The first-order valence-electron chi connectivity index (χ1n) is 8.96. The number of phenolic OH excluding ortho intramolecular Hbond substituents is 1. The molecule has 2 N–H and O–H groups in total. The van der Waals surface area contributed by atoms with Crippen molar-refractivity contribution in [2.45, 2.75) is 39.3 Å². The summed E-state index contributed by atoms with van der Waals surface area (Å²) in [5, 5.41) is 27.1. The first-order chi connectivity index (χ1) is 13.2. The third kappa shape index (κ3) is 4.74. The van der Waals surface area contributed by atoms with Crippen molar-refractivity contribution in [2.75, 3.05) is 0 Å². The van der Waals surface area contributed by atoms with Crippen molar-refractivity contribution in [3.8, 4) is 17.0 Å². The molecule has 0 saturated carbocycles. The monoisotopic (exact) mass is 397 g/mol. The second kappa shape index (κ2) is 8.08. The van der Waals surface area contributed by atoms with Gasteiger partial charge in [0.05, 0.1) is 10.6 Å². The topological polar surface area (TPSA) is 88.3 Å². The van der Waals surface area contributed by atoms with Gasteiger partial charge in [0.1, 0.15) is 10.8 Å². The van der Waals surface area contributed by atoms with Gasteiger partial charge in [-0.3, -0.25) is 10.1 Å². The zero-order chi connectivity index (χ0) is 20.3. The highest BCUT2D eigenvalue weighted by Crippen LogP contribution is 2.34. The van der Waals surface area contributed by atoms with E-state index in [1.807, 2.05) is 17.5 Å². The number of rotatable bonds is 6. The maximum absolute atomic E-state index is 10.7. The van der Waals surface area contributed by atoms with E-state index in [2.05, 4.69) is 31.1 Å². The summed E-state index contributed by atoms with van der Waals surface area (Å²) in [4.78, 5) is 15.0. The number of nitro benzene ring substituents is 1. The van der Waals surface area contributed by atoms with Crippen LogP contribution in [-0.4, -0.2) is 15.0 Å². The van der Waals surface area contributed by atoms with Crippen molar-refractivity contribution in [1.29, 1.82) is 0 Å². The molecule has 0 fully saturated rings. The van der Waals surface area contributed by atoms with E-state index < -0.39 is 4.92 Å². The van der Waals surface area contributed by atoms with Crippen LogP contribution in [0.4, 0.5) is 5.69 Å². The normalized spacial score (nSPS) is 11.5. The summed E-state index contributed by atoms with van der Waals surface area (Å²) in [5.74, 6) is 0.302. The molecule has 0 amide bonds. The van der Waals surface area contributed by atoms with E-state index in [1.165, 1.54) is 12.1 Å². The lowest BCUT2D eigenvalue weighted by atomic mass is 9.85. The molecule has 7 heteroatoms. The van der Waals surface area contributed by atoms with Crippen LogP contribution in [0.3, 0.4) is 0 Å². The summed E-state index contributed by atoms with van der Waals surface area (Å²) in [5.41, 5.74) is 3.71. The lowest BCUT2D eigenvalue weighted by Crippen LogP contribution is -2.12. The summed E-state index contributed by atoms with van der Waals surface area (Å²) in [7, 11) is 0. The zero-order valence-corrected chi connectivity index (χ0v) is 16.9. The average molecular weight is 398 g/mol. The summed E-state index contributed by atoms with van der Waals surface area (Å²) in [6.07, 6.45) is 0. The van der Waals surface area contributed by atoms with Gasteiger partial charge in [-0.05, 0) is 34.7 Å². The van der Waals surface area contributed by atoms with Crippen molar-refractivity contribution < 1.29 is 10.0 Å². The predicted molar refractivity (Wildman–Crippen MR) is 112 cm³/mol. The molecule has 3 aromatic rings. The number of aromatic nitrogens is 1. The number of phenols is 1. The quantitative estimate of drug-likeness (QED) is 0.451. The van der Waals surface area contributed by atoms with E-state index in [-0.39, 0.29) is 11.1 Å². The van der Waals surface area contributed by atoms with Gasteiger partial charge in [0.2, 0.25) is 0 Å². The van der Waals surface area contributed by atoms with Crippen LogP contribution >= 0.6 is 11.3 Å². The summed E-state index contributed by atoms with van der Waals surface area (Å²) in [6, 6.07) is 12.1. The van der Waals surface area contributed by atoms with Crippen LogP contribution in [0.1, 0.15) is 36.9 Å². The van der Waals surface area contributed by atoms with Crippen LogP contribution in [0, 0.1) is 10.1 Å². The Morgan fingerprint density at radius 2 is 1.86 bits per heavy atom. The van der Waals surface area contributed by atoms with Gasteiger partial charge < -0.3 is 10.4 Å². The minimum Gasteiger partial charge on any atom is -0.508 e. The number of hydrogen-bond acceptors (Lipinski definition) is 6. The standard InChI is InChI=1S/C21H23N3O3S/c1-21(2,3)17-10-15(6-9-19(17)25)18-13-28-20(23-18)12-22-11-14-4-7-16(8-5-14)24(26)27/h4-10,13,22,25H,11-12H2,1-3H3.